The van der Waals surface area contributed by atoms with Crippen molar-refractivity contribution < 1.29 is 23.1 Å². The first-order valence-corrected chi connectivity index (χ1v) is 6.31. The van der Waals surface area contributed by atoms with Crippen LogP contribution in [-0.4, -0.2) is 29.6 Å². The zero-order valence-corrected chi connectivity index (χ0v) is 10.9. The van der Waals surface area contributed by atoms with E-state index in [9.17, 15) is 13.2 Å². The van der Waals surface area contributed by atoms with Gasteiger partial charge in [0.2, 0.25) is 0 Å². The maximum Gasteiger partial charge on any atom is 0.422 e. The number of nitrogens with two attached hydrogens (primary N) is 1. The molecule has 3 N–H and O–H groups in total. The van der Waals surface area contributed by atoms with E-state index in [1.165, 1.54) is 17.8 Å². The normalized spacial score (nSPS) is 12.5. The van der Waals surface area contributed by atoms with E-state index >= 15 is 0 Å². The van der Waals surface area contributed by atoms with Gasteiger partial charge in [-0.05, 0) is 17.9 Å². The monoisotopic (exact) mass is 294 g/mol. The molecule has 106 valence electrons. The SMILES string of the molecule is CCSc1cccc(OCC(F)(F)F)c1/C(N)=N/O. The molecule has 0 unspecified atom stereocenters. The lowest BCUT2D eigenvalue weighted by Gasteiger charge is -2.15. The van der Waals surface area contributed by atoms with Crippen molar-refractivity contribution in [1.82, 2.24) is 0 Å². The van der Waals surface area contributed by atoms with E-state index in [-0.39, 0.29) is 17.1 Å². The molecule has 0 amide bonds. The molecular formula is C11H13F3N2O2S. The summed E-state index contributed by atoms with van der Waals surface area (Å²) < 4.78 is 41.2. The van der Waals surface area contributed by atoms with Crippen molar-refractivity contribution in [2.24, 2.45) is 10.9 Å². The van der Waals surface area contributed by atoms with Crippen LogP contribution in [0.15, 0.2) is 28.3 Å². The number of oxime groups is 1. The Labute approximate surface area is 112 Å². The Balaban J connectivity index is 3.12. The molecule has 0 bridgehead atoms. The molecule has 0 saturated heterocycles. The second-order valence-corrected chi connectivity index (χ2v) is 4.76. The van der Waals surface area contributed by atoms with Gasteiger partial charge in [0.05, 0.1) is 5.56 Å². The molecule has 0 atom stereocenters. The summed E-state index contributed by atoms with van der Waals surface area (Å²) in [6.45, 7) is 0.447. The van der Waals surface area contributed by atoms with Gasteiger partial charge in [0.15, 0.2) is 12.4 Å². The van der Waals surface area contributed by atoms with Crippen molar-refractivity contribution in [1.29, 1.82) is 0 Å². The van der Waals surface area contributed by atoms with E-state index in [1.54, 1.807) is 12.1 Å². The Morgan fingerprint density at radius 1 is 1.47 bits per heavy atom. The van der Waals surface area contributed by atoms with Crippen molar-refractivity contribution in [3.05, 3.63) is 23.8 Å². The molecule has 4 nitrogen and oxygen atoms in total. The molecule has 0 saturated carbocycles. The molecular weight excluding hydrogens is 281 g/mol. The van der Waals surface area contributed by atoms with E-state index in [2.05, 4.69) is 5.16 Å². The van der Waals surface area contributed by atoms with Gasteiger partial charge in [-0.15, -0.1) is 11.8 Å². The summed E-state index contributed by atoms with van der Waals surface area (Å²) in [5.41, 5.74) is 5.66. The molecule has 0 heterocycles. The van der Waals surface area contributed by atoms with Crippen molar-refractivity contribution in [2.75, 3.05) is 12.4 Å². The van der Waals surface area contributed by atoms with E-state index in [4.69, 9.17) is 15.7 Å². The number of rotatable bonds is 5. The quantitative estimate of drug-likeness (QED) is 0.288. The summed E-state index contributed by atoms with van der Waals surface area (Å²) in [6.07, 6.45) is -4.45. The van der Waals surface area contributed by atoms with Gasteiger partial charge in [0, 0.05) is 4.90 Å². The largest absolute Gasteiger partial charge is 0.483 e. The summed E-state index contributed by atoms with van der Waals surface area (Å²) in [6, 6.07) is 4.57. The molecule has 1 aromatic carbocycles. The van der Waals surface area contributed by atoms with Crippen molar-refractivity contribution in [3.8, 4) is 5.75 Å². The first-order chi connectivity index (χ1) is 8.89. The zero-order valence-electron chi connectivity index (χ0n) is 10.1. The maximum atomic E-state index is 12.2. The number of hydrogen-bond donors (Lipinski definition) is 2. The molecule has 0 aliphatic heterocycles. The molecule has 0 spiro atoms. The van der Waals surface area contributed by atoms with Crippen molar-refractivity contribution in [3.63, 3.8) is 0 Å². The van der Waals surface area contributed by atoms with Gasteiger partial charge in [-0.2, -0.15) is 13.2 Å². The minimum Gasteiger partial charge on any atom is -0.483 e. The van der Waals surface area contributed by atoms with Crippen LogP contribution in [-0.2, 0) is 0 Å². The summed E-state index contributed by atoms with van der Waals surface area (Å²) in [4.78, 5) is 0.595. The lowest BCUT2D eigenvalue weighted by molar-refractivity contribution is -0.153. The zero-order chi connectivity index (χ0) is 14.5. The maximum absolute atomic E-state index is 12.2. The fraction of sp³-hybridized carbons (Fsp3) is 0.364. The summed E-state index contributed by atoms with van der Waals surface area (Å²) in [5.74, 6) is 0.342. The first-order valence-electron chi connectivity index (χ1n) is 5.32. The number of benzene rings is 1. The highest BCUT2D eigenvalue weighted by Gasteiger charge is 2.29. The second kappa shape index (κ2) is 6.55. The van der Waals surface area contributed by atoms with Gasteiger partial charge in [0.25, 0.3) is 0 Å². The van der Waals surface area contributed by atoms with Crippen molar-refractivity contribution >= 4 is 17.6 Å². The van der Waals surface area contributed by atoms with E-state index in [0.717, 1.165) is 0 Å². The Morgan fingerprint density at radius 3 is 2.68 bits per heavy atom. The van der Waals surface area contributed by atoms with Crippen LogP contribution in [0.5, 0.6) is 5.75 Å². The van der Waals surface area contributed by atoms with Gasteiger partial charge >= 0.3 is 6.18 Å². The van der Waals surface area contributed by atoms with E-state index in [1.807, 2.05) is 6.92 Å². The van der Waals surface area contributed by atoms with Crippen LogP contribution in [0.25, 0.3) is 0 Å². The predicted octanol–water partition coefficient (Wildman–Crippen LogP) is 2.83. The summed E-state index contributed by atoms with van der Waals surface area (Å²) >= 11 is 1.36. The highest BCUT2D eigenvalue weighted by atomic mass is 32.2. The Hall–Kier alpha value is -1.57. The minimum atomic E-state index is -4.45. The van der Waals surface area contributed by atoms with Gasteiger partial charge in [0.1, 0.15) is 5.75 Å². The Kier molecular flexibility index (Phi) is 5.34. The fourth-order valence-electron chi connectivity index (χ4n) is 1.37. The first kappa shape index (κ1) is 15.5. The van der Waals surface area contributed by atoms with Crippen LogP contribution >= 0.6 is 11.8 Å². The molecule has 0 aliphatic carbocycles. The molecule has 0 fully saturated rings. The minimum absolute atomic E-state index is 0.0638. The summed E-state index contributed by atoms with van der Waals surface area (Å²) in [5, 5.41) is 11.5. The van der Waals surface area contributed by atoms with E-state index in [0.29, 0.717) is 10.6 Å². The van der Waals surface area contributed by atoms with Crippen LogP contribution in [0.2, 0.25) is 0 Å². The Morgan fingerprint density at radius 2 is 2.16 bits per heavy atom. The third kappa shape index (κ3) is 4.55. The Bertz CT molecular complexity index is 464. The number of ether oxygens (including phenoxy) is 1. The summed E-state index contributed by atoms with van der Waals surface area (Å²) in [7, 11) is 0. The number of halogens is 3. The van der Waals surface area contributed by atoms with Crippen molar-refractivity contribution in [2.45, 2.75) is 18.0 Å². The number of nitrogens with zero attached hydrogens (tertiary/aromatic N) is 1. The third-order valence-electron chi connectivity index (χ3n) is 2.04. The number of hydrogen-bond acceptors (Lipinski definition) is 4. The molecule has 1 aromatic rings. The molecule has 0 aliphatic rings. The average Bonchev–Trinajstić information content (AvgIpc) is 2.35. The van der Waals surface area contributed by atoms with Gasteiger partial charge in [-0.1, -0.05) is 18.1 Å². The lowest BCUT2D eigenvalue weighted by atomic mass is 10.2. The fourth-order valence-corrected chi connectivity index (χ4v) is 2.20. The highest BCUT2D eigenvalue weighted by molar-refractivity contribution is 7.99. The predicted molar refractivity (Wildman–Crippen MR) is 66.9 cm³/mol. The van der Waals surface area contributed by atoms with E-state index < -0.39 is 12.8 Å². The lowest BCUT2D eigenvalue weighted by Crippen LogP contribution is -2.22. The van der Waals surface area contributed by atoms with Crippen LogP contribution in [0.3, 0.4) is 0 Å². The van der Waals surface area contributed by atoms with Gasteiger partial charge < -0.3 is 15.7 Å². The molecule has 1 rings (SSSR count). The molecule has 0 radical (unpaired) electrons. The van der Waals surface area contributed by atoms with Gasteiger partial charge in [-0.3, -0.25) is 0 Å². The topological polar surface area (TPSA) is 67.8 Å². The average molecular weight is 294 g/mol. The number of amidine groups is 1. The highest BCUT2D eigenvalue weighted by Crippen LogP contribution is 2.31. The molecule has 19 heavy (non-hydrogen) atoms. The standard InChI is InChI=1S/C11H13F3N2O2S/c1-2-19-8-5-3-4-7(9(8)10(15)16-17)18-6-11(12,13)14/h3-5,17H,2,6H2,1H3,(H2,15,16). The molecule has 0 aromatic heterocycles. The van der Waals surface area contributed by atoms with Crippen LogP contribution in [0, 0.1) is 0 Å². The third-order valence-corrected chi connectivity index (χ3v) is 2.98. The number of alkyl halides is 3. The van der Waals surface area contributed by atoms with Crippen LogP contribution in [0.4, 0.5) is 13.2 Å². The smallest absolute Gasteiger partial charge is 0.422 e. The number of thioether (sulfide) groups is 1. The second-order valence-electron chi connectivity index (χ2n) is 3.45. The van der Waals surface area contributed by atoms with Gasteiger partial charge in [-0.25, -0.2) is 0 Å². The van der Waals surface area contributed by atoms with Crippen LogP contribution in [0.1, 0.15) is 12.5 Å². The molecule has 8 heteroatoms. The van der Waals surface area contributed by atoms with Crippen LogP contribution < -0.4 is 10.5 Å².